The Hall–Kier alpha value is -3.10. The fourth-order valence-electron chi connectivity index (χ4n) is 3.86. The average Bonchev–Trinajstić information content (AvgIpc) is 2.79. The van der Waals surface area contributed by atoms with Gasteiger partial charge in [0.05, 0.1) is 13.7 Å². The number of nitrogens with two attached hydrogens (primary N) is 1. The summed E-state index contributed by atoms with van der Waals surface area (Å²) in [5.41, 5.74) is 9.11. The average molecular weight is 454 g/mol. The van der Waals surface area contributed by atoms with Crippen LogP contribution in [0.5, 0.6) is 5.75 Å². The van der Waals surface area contributed by atoms with Crippen LogP contribution < -0.4 is 20.7 Å². The topological polar surface area (TPSA) is 92.4 Å². The highest BCUT2D eigenvalue weighted by Crippen LogP contribution is 2.25. The smallest absolute Gasteiger partial charge is 0.232 e. The van der Waals surface area contributed by atoms with Crippen molar-refractivity contribution in [3.8, 4) is 5.75 Å². The number of methoxy groups -OCH3 is 1. The summed E-state index contributed by atoms with van der Waals surface area (Å²) in [5.74, 6) is 2.17. The summed E-state index contributed by atoms with van der Waals surface area (Å²) < 4.78 is 5.40. The van der Waals surface area contributed by atoms with E-state index in [1.54, 1.807) is 7.11 Å². The number of nitrogens with zero attached hydrogens (tertiary/aromatic N) is 5. The van der Waals surface area contributed by atoms with Crippen LogP contribution in [0.3, 0.4) is 0 Å². The first kappa shape index (κ1) is 22.1. The van der Waals surface area contributed by atoms with Crippen molar-refractivity contribution < 1.29 is 4.74 Å². The molecule has 2 aromatic carbocycles. The molecular formula is C23H28ClN7O. The molecule has 0 aliphatic carbocycles. The summed E-state index contributed by atoms with van der Waals surface area (Å²) >= 11 is 6.14. The molecule has 0 unspecified atom stereocenters. The first-order valence-corrected chi connectivity index (χ1v) is 11.1. The van der Waals surface area contributed by atoms with E-state index in [-0.39, 0.29) is 5.95 Å². The maximum Gasteiger partial charge on any atom is 0.232 e. The van der Waals surface area contributed by atoms with E-state index < -0.39 is 0 Å². The van der Waals surface area contributed by atoms with Crippen LogP contribution in [-0.2, 0) is 13.0 Å². The first-order chi connectivity index (χ1) is 15.5. The van der Waals surface area contributed by atoms with Gasteiger partial charge < -0.3 is 20.7 Å². The van der Waals surface area contributed by atoms with Gasteiger partial charge in [0.1, 0.15) is 11.6 Å². The molecule has 1 saturated heterocycles. The standard InChI is InChI=1S/C23H28ClN7O/c1-3-16-13-18(7-8-20(16)32-2)26-23-28-21(27-22(25)29-23)15-30-9-11-31(12-10-30)19-6-4-5-17(24)14-19/h4-8,13-14H,3,9-12,15H2,1-2H3,(H3,25,26,27,28,29). The highest BCUT2D eigenvalue weighted by Gasteiger charge is 2.19. The predicted octanol–water partition coefficient (Wildman–Crippen LogP) is 3.74. The Balaban J connectivity index is 1.40. The van der Waals surface area contributed by atoms with Crippen LogP contribution in [0.4, 0.5) is 23.3 Å². The van der Waals surface area contributed by atoms with Gasteiger partial charge in [-0.05, 0) is 48.4 Å². The van der Waals surface area contributed by atoms with E-state index in [4.69, 9.17) is 22.1 Å². The molecule has 3 aromatic rings. The second-order valence-electron chi connectivity index (χ2n) is 7.68. The molecule has 8 nitrogen and oxygen atoms in total. The summed E-state index contributed by atoms with van der Waals surface area (Å²) in [7, 11) is 1.68. The van der Waals surface area contributed by atoms with Gasteiger partial charge in [0.2, 0.25) is 11.9 Å². The minimum atomic E-state index is 0.208. The number of halogens is 1. The van der Waals surface area contributed by atoms with Crippen molar-refractivity contribution in [3.05, 3.63) is 58.9 Å². The Kier molecular flexibility index (Phi) is 6.92. The number of benzene rings is 2. The van der Waals surface area contributed by atoms with E-state index >= 15 is 0 Å². The van der Waals surface area contributed by atoms with Gasteiger partial charge in [-0.2, -0.15) is 15.0 Å². The van der Waals surface area contributed by atoms with Crippen LogP contribution in [0.2, 0.25) is 5.02 Å². The fourth-order valence-corrected chi connectivity index (χ4v) is 4.05. The van der Waals surface area contributed by atoms with E-state index in [0.717, 1.165) is 60.3 Å². The minimum absolute atomic E-state index is 0.208. The van der Waals surface area contributed by atoms with E-state index in [1.165, 1.54) is 0 Å². The van der Waals surface area contributed by atoms with Crippen molar-refractivity contribution >= 4 is 34.9 Å². The number of nitrogen functional groups attached to an aromatic ring is 1. The van der Waals surface area contributed by atoms with E-state index in [0.29, 0.717) is 18.3 Å². The lowest BCUT2D eigenvalue weighted by atomic mass is 10.1. The van der Waals surface area contributed by atoms with Crippen LogP contribution in [0.1, 0.15) is 18.3 Å². The molecule has 9 heteroatoms. The Morgan fingerprint density at radius 1 is 1.06 bits per heavy atom. The van der Waals surface area contributed by atoms with Crippen molar-refractivity contribution in [3.63, 3.8) is 0 Å². The molecule has 0 amide bonds. The Morgan fingerprint density at radius 3 is 2.59 bits per heavy atom. The molecule has 1 aliphatic rings. The number of ether oxygens (including phenoxy) is 1. The molecule has 0 radical (unpaired) electrons. The molecule has 1 aliphatic heterocycles. The second-order valence-corrected chi connectivity index (χ2v) is 8.12. The highest BCUT2D eigenvalue weighted by atomic mass is 35.5. The van der Waals surface area contributed by atoms with Crippen molar-refractivity contribution in [2.75, 3.05) is 49.2 Å². The van der Waals surface area contributed by atoms with Crippen LogP contribution in [0.15, 0.2) is 42.5 Å². The van der Waals surface area contributed by atoms with Crippen LogP contribution in [-0.4, -0.2) is 53.1 Å². The zero-order chi connectivity index (χ0) is 22.5. The zero-order valence-electron chi connectivity index (χ0n) is 18.4. The predicted molar refractivity (Wildman–Crippen MR) is 129 cm³/mol. The summed E-state index contributed by atoms with van der Waals surface area (Å²) in [6.07, 6.45) is 0.866. The molecule has 1 fully saturated rings. The third kappa shape index (κ3) is 5.38. The first-order valence-electron chi connectivity index (χ1n) is 10.7. The second kappa shape index (κ2) is 10.0. The maximum absolute atomic E-state index is 6.14. The van der Waals surface area contributed by atoms with Crippen molar-refractivity contribution in [2.45, 2.75) is 19.9 Å². The van der Waals surface area contributed by atoms with Crippen molar-refractivity contribution in [2.24, 2.45) is 0 Å². The SMILES string of the molecule is CCc1cc(Nc2nc(N)nc(CN3CCN(c4cccc(Cl)c4)CC3)n2)ccc1OC. The molecule has 0 bridgehead atoms. The minimum Gasteiger partial charge on any atom is -0.496 e. The maximum atomic E-state index is 6.14. The zero-order valence-corrected chi connectivity index (χ0v) is 19.1. The number of aromatic nitrogens is 3. The molecule has 2 heterocycles. The summed E-state index contributed by atoms with van der Waals surface area (Å²) in [6.45, 7) is 6.34. The van der Waals surface area contributed by atoms with E-state index in [2.05, 4.69) is 43.1 Å². The quantitative estimate of drug-likeness (QED) is 0.558. The molecule has 3 N–H and O–H groups in total. The van der Waals surface area contributed by atoms with Crippen LogP contribution in [0, 0.1) is 0 Å². The van der Waals surface area contributed by atoms with Crippen molar-refractivity contribution in [1.82, 2.24) is 19.9 Å². The van der Waals surface area contributed by atoms with Crippen LogP contribution in [0.25, 0.3) is 0 Å². The van der Waals surface area contributed by atoms with Gasteiger partial charge >= 0.3 is 0 Å². The normalized spacial score (nSPS) is 14.4. The van der Waals surface area contributed by atoms with Gasteiger partial charge in [0, 0.05) is 42.6 Å². The molecule has 32 heavy (non-hydrogen) atoms. The molecule has 168 valence electrons. The number of rotatable bonds is 7. The number of anilines is 4. The summed E-state index contributed by atoms with van der Waals surface area (Å²) in [5, 5.41) is 4.00. The van der Waals surface area contributed by atoms with Gasteiger partial charge in [0.15, 0.2) is 0 Å². The number of hydrogen-bond acceptors (Lipinski definition) is 8. The molecule has 4 rings (SSSR count). The summed E-state index contributed by atoms with van der Waals surface area (Å²) in [4.78, 5) is 17.9. The van der Waals surface area contributed by atoms with E-state index in [1.807, 2.05) is 36.4 Å². The lowest BCUT2D eigenvalue weighted by Gasteiger charge is -2.35. The molecule has 0 saturated carbocycles. The van der Waals surface area contributed by atoms with Crippen molar-refractivity contribution in [1.29, 1.82) is 0 Å². The monoisotopic (exact) mass is 453 g/mol. The Morgan fingerprint density at radius 2 is 1.88 bits per heavy atom. The third-order valence-corrected chi connectivity index (χ3v) is 5.76. The Bertz CT molecular complexity index is 1070. The van der Waals surface area contributed by atoms with E-state index in [9.17, 15) is 0 Å². The third-order valence-electron chi connectivity index (χ3n) is 5.53. The number of hydrogen-bond donors (Lipinski definition) is 2. The number of piperazine rings is 1. The van der Waals surface area contributed by atoms with Gasteiger partial charge in [-0.25, -0.2) is 0 Å². The fraction of sp³-hybridized carbons (Fsp3) is 0.348. The summed E-state index contributed by atoms with van der Waals surface area (Å²) in [6, 6.07) is 13.9. The number of nitrogens with one attached hydrogen (secondary N) is 1. The van der Waals surface area contributed by atoms with Gasteiger partial charge in [-0.3, -0.25) is 4.90 Å². The lowest BCUT2D eigenvalue weighted by molar-refractivity contribution is 0.244. The Labute approximate surface area is 193 Å². The van der Waals surface area contributed by atoms with Gasteiger partial charge in [-0.1, -0.05) is 24.6 Å². The van der Waals surface area contributed by atoms with Gasteiger partial charge in [-0.15, -0.1) is 0 Å². The number of aryl methyl sites for hydroxylation is 1. The largest absolute Gasteiger partial charge is 0.496 e. The molecule has 1 aromatic heterocycles. The van der Waals surface area contributed by atoms with Gasteiger partial charge in [0.25, 0.3) is 0 Å². The van der Waals surface area contributed by atoms with Crippen LogP contribution >= 0.6 is 11.6 Å². The lowest BCUT2D eigenvalue weighted by Crippen LogP contribution is -2.46. The molecule has 0 atom stereocenters. The molecule has 0 spiro atoms. The highest BCUT2D eigenvalue weighted by molar-refractivity contribution is 6.30. The molecular weight excluding hydrogens is 426 g/mol.